The topological polar surface area (TPSA) is 65.9 Å². The van der Waals surface area contributed by atoms with Gasteiger partial charge in [-0.25, -0.2) is 0 Å². The fraction of sp³-hybridized carbons (Fsp3) is 0.381. The highest BCUT2D eigenvalue weighted by atomic mass is 16.5. The van der Waals surface area contributed by atoms with Crippen LogP contribution in [0, 0.1) is 6.92 Å². The summed E-state index contributed by atoms with van der Waals surface area (Å²) in [6, 6.07) is 18.0. The molecule has 0 radical (unpaired) electrons. The van der Waals surface area contributed by atoms with E-state index in [1.165, 1.54) is 0 Å². The third-order valence-corrected chi connectivity index (χ3v) is 4.20. The molecule has 1 unspecified atom stereocenters. The Balaban J connectivity index is 1.68. The van der Waals surface area contributed by atoms with Crippen molar-refractivity contribution >= 4 is 5.96 Å². The number of ether oxygens (including phenoxy) is 1. The van der Waals surface area contributed by atoms with E-state index in [-0.39, 0.29) is 12.5 Å². The van der Waals surface area contributed by atoms with E-state index in [1.807, 2.05) is 61.5 Å². The van der Waals surface area contributed by atoms with Crippen molar-refractivity contribution in [1.29, 1.82) is 0 Å². The van der Waals surface area contributed by atoms with Crippen LogP contribution in [-0.4, -0.2) is 44.4 Å². The van der Waals surface area contributed by atoms with Crippen LogP contribution in [0.25, 0.3) is 0 Å². The molecule has 0 aliphatic carbocycles. The van der Waals surface area contributed by atoms with Crippen LogP contribution in [-0.2, 0) is 0 Å². The number of rotatable bonds is 9. The molecule has 2 aromatic rings. The lowest BCUT2D eigenvalue weighted by atomic mass is 10.0. The lowest BCUT2D eigenvalue weighted by Crippen LogP contribution is -2.40. The fourth-order valence-corrected chi connectivity index (χ4v) is 2.63. The minimum atomic E-state index is 0.0409. The van der Waals surface area contributed by atoms with Gasteiger partial charge in [0.2, 0.25) is 0 Å². The third kappa shape index (κ3) is 6.41. The number of para-hydroxylation sites is 1. The van der Waals surface area contributed by atoms with Gasteiger partial charge in [0, 0.05) is 26.1 Å². The molecule has 2 rings (SSSR count). The zero-order valence-corrected chi connectivity index (χ0v) is 15.6. The second-order valence-corrected chi connectivity index (χ2v) is 6.14. The molecule has 5 heteroatoms. The fourth-order valence-electron chi connectivity index (χ4n) is 2.63. The maximum atomic E-state index is 9.62. The van der Waals surface area contributed by atoms with Crippen LogP contribution < -0.4 is 15.4 Å². The van der Waals surface area contributed by atoms with E-state index in [9.17, 15) is 5.11 Å². The van der Waals surface area contributed by atoms with Crippen molar-refractivity contribution in [3.8, 4) is 5.75 Å². The van der Waals surface area contributed by atoms with Crippen molar-refractivity contribution in [3.05, 3.63) is 65.7 Å². The predicted molar refractivity (Wildman–Crippen MR) is 107 cm³/mol. The normalized spacial score (nSPS) is 12.5. The van der Waals surface area contributed by atoms with Gasteiger partial charge in [0.1, 0.15) is 5.75 Å². The summed E-state index contributed by atoms with van der Waals surface area (Å²) in [7, 11) is 1.75. The number of aryl methyl sites for hydroxylation is 1. The molecule has 0 bridgehead atoms. The van der Waals surface area contributed by atoms with Gasteiger partial charge < -0.3 is 20.5 Å². The average Bonchev–Trinajstić information content (AvgIpc) is 2.68. The van der Waals surface area contributed by atoms with Gasteiger partial charge in [0.15, 0.2) is 5.96 Å². The quantitative estimate of drug-likeness (QED) is 0.368. The summed E-state index contributed by atoms with van der Waals surface area (Å²) in [4.78, 5) is 4.23. The van der Waals surface area contributed by atoms with E-state index in [4.69, 9.17) is 4.74 Å². The Morgan fingerprint density at radius 3 is 2.50 bits per heavy atom. The maximum Gasteiger partial charge on any atom is 0.191 e. The van der Waals surface area contributed by atoms with E-state index < -0.39 is 0 Å². The molecule has 0 amide bonds. The van der Waals surface area contributed by atoms with Gasteiger partial charge in [-0.3, -0.25) is 4.99 Å². The van der Waals surface area contributed by atoms with Crippen LogP contribution in [0.1, 0.15) is 23.5 Å². The molecule has 0 heterocycles. The second-order valence-electron chi connectivity index (χ2n) is 6.14. The largest absolute Gasteiger partial charge is 0.493 e. The first-order chi connectivity index (χ1) is 12.7. The minimum Gasteiger partial charge on any atom is -0.493 e. The number of guanidine groups is 1. The molecular formula is C21H29N3O2. The number of hydrogen-bond donors (Lipinski definition) is 3. The minimum absolute atomic E-state index is 0.0409. The van der Waals surface area contributed by atoms with Crippen LogP contribution in [0.15, 0.2) is 59.6 Å². The standard InChI is InChI=1S/C21H29N3O2/c1-17-9-6-7-12-20(17)26-14-8-13-23-21(22-2)24-15-19(16-25)18-10-4-3-5-11-18/h3-7,9-12,19,25H,8,13-16H2,1-2H3,(H2,22,23,24). The van der Waals surface area contributed by atoms with Crippen molar-refractivity contribution in [1.82, 2.24) is 10.6 Å². The Bertz CT molecular complexity index is 674. The van der Waals surface area contributed by atoms with Crippen molar-refractivity contribution in [3.63, 3.8) is 0 Å². The van der Waals surface area contributed by atoms with E-state index >= 15 is 0 Å². The van der Waals surface area contributed by atoms with Gasteiger partial charge in [-0.15, -0.1) is 0 Å². The Morgan fingerprint density at radius 2 is 1.81 bits per heavy atom. The lowest BCUT2D eigenvalue weighted by Gasteiger charge is -2.18. The van der Waals surface area contributed by atoms with Crippen LogP contribution >= 0.6 is 0 Å². The molecule has 0 spiro atoms. The molecule has 0 aromatic heterocycles. The van der Waals surface area contributed by atoms with E-state index in [1.54, 1.807) is 7.05 Å². The van der Waals surface area contributed by atoms with Crippen molar-refractivity contribution in [2.24, 2.45) is 4.99 Å². The zero-order valence-electron chi connectivity index (χ0n) is 15.6. The monoisotopic (exact) mass is 355 g/mol. The summed E-state index contributed by atoms with van der Waals surface area (Å²) >= 11 is 0. The highest BCUT2D eigenvalue weighted by Crippen LogP contribution is 2.16. The molecule has 26 heavy (non-hydrogen) atoms. The number of aliphatic imine (C=N–C) groups is 1. The molecule has 140 valence electrons. The van der Waals surface area contributed by atoms with Crippen molar-refractivity contribution in [2.75, 3.05) is 33.4 Å². The molecule has 3 N–H and O–H groups in total. The highest BCUT2D eigenvalue weighted by Gasteiger charge is 2.10. The number of aliphatic hydroxyl groups is 1. The molecule has 0 saturated carbocycles. The highest BCUT2D eigenvalue weighted by molar-refractivity contribution is 5.79. The molecular weight excluding hydrogens is 326 g/mol. The van der Waals surface area contributed by atoms with Crippen LogP contribution in [0.2, 0.25) is 0 Å². The van der Waals surface area contributed by atoms with Crippen LogP contribution in [0.4, 0.5) is 0 Å². The summed E-state index contributed by atoms with van der Waals surface area (Å²) in [5.41, 5.74) is 2.26. The number of hydrogen-bond acceptors (Lipinski definition) is 3. The molecule has 0 aliphatic heterocycles. The molecule has 1 atom stereocenters. The van der Waals surface area contributed by atoms with Gasteiger partial charge in [-0.05, 0) is 30.5 Å². The van der Waals surface area contributed by atoms with Gasteiger partial charge in [-0.2, -0.15) is 0 Å². The molecule has 0 fully saturated rings. The van der Waals surface area contributed by atoms with E-state index in [0.29, 0.717) is 13.2 Å². The first-order valence-electron chi connectivity index (χ1n) is 9.03. The summed E-state index contributed by atoms with van der Waals surface area (Å²) in [6.45, 7) is 4.18. The zero-order chi connectivity index (χ0) is 18.6. The lowest BCUT2D eigenvalue weighted by molar-refractivity contribution is 0.265. The SMILES string of the molecule is CN=C(NCCCOc1ccccc1C)NCC(CO)c1ccccc1. The Kier molecular flexibility index (Phi) is 8.49. The van der Waals surface area contributed by atoms with Gasteiger partial charge in [0.25, 0.3) is 0 Å². The molecule has 0 aliphatic rings. The molecule has 2 aromatic carbocycles. The maximum absolute atomic E-state index is 9.62. The third-order valence-electron chi connectivity index (χ3n) is 4.20. The summed E-state index contributed by atoms with van der Waals surface area (Å²) in [5, 5.41) is 16.2. The van der Waals surface area contributed by atoms with Crippen molar-refractivity contribution < 1.29 is 9.84 Å². The van der Waals surface area contributed by atoms with E-state index in [2.05, 4.69) is 15.6 Å². The predicted octanol–water partition coefficient (Wildman–Crippen LogP) is 2.71. The number of benzene rings is 2. The number of nitrogens with one attached hydrogen (secondary N) is 2. The summed E-state index contributed by atoms with van der Waals surface area (Å²) < 4.78 is 5.79. The van der Waals surface area contributed by atoms with Gasteiger partial charge in [0.05, 0.1) is 13.2 Å². The summed E-state index contributed by atoms with van der Waals surface area (Å²) in [5.74, 6) is 1.71. The molecule has 0 saturated heterocycles. The smallest absolute Gasteiger partial charge is 0.191 e. The van der Waals surface area contributed by atoms with Crippen LogP contribution in [0.5, 0.6) is 5.75 Å². The molecule has 5 nitrogen and oxygen atoms in total. The van der Waals surface area contributed by atoms with E-state index in [0.717, 1.165) is 35.8 Å². The van der Waals surface area contributed by atoms with Gasteiger partial charge >= 0.3 is 0 Å². The number of aliphatic hydroxyl groups excluding tert-OH is 1. The number of nitrogens with zero attached hydrogens (tertiary/aromatic N) is 1. The first-order valence-corrected chi connectivity index (χ1v) is 9.03. The average molecular weight is 355 g/mol. The Hall–Kier alpha value is -2.53. The van der Waals surface area contributed by atoms with Crippen molar-refractivity contribution in [2.45, 2.75) is 19.3 Å². The summed E-state index contributed by atoms with van der Waals surface area (Å²) in [6.07, 6.45) is 0.872. The second kappa shape index (κ2) is 11.2. The Morgan fingerprint density at radius 1 is 1.08 bits per heavy atom. The first kappa shape index (κ1) is 19.8. The van der Waals surface area contributed by atoms with Crippen LogP contribution in [0.3, 0.4) is 0 Å². The van der Waals surface area contributed by atoms with Gasteiger partial charge in [-0.1, -0.05) is 48.5 Å². The Labute approximate surface area is 156 Å².